The normalized spacial score (nSPS) is 13.3. The minimum Gasteiger partial charge on any atom is -0.477 e. The molecule has 2 unspecified atom stereocenters. The van der Waals surface area contributed by atoms with Gasteiger partial charge < -0.3 is 28.5 Å². The third kappa shape index (κ3) is 45.1. The van der Waals surface area contributed by atoms with E-state index >= 15 is 0 Å². The third-order valence-electron chi connectivity index (χ3n) is 10.6. The van der Waals surface area contributed by atoms with Crippen molar-refractivity contribution in [3.8, 4) is 0 Å². The summed E-state index contributed by atoms with van der Waals surface area (Å²) in [6.07, 6.45) is 49.0. The summed E-state index contributed by atoms with van der Waals surface area (Å²) in [7, 11) is 5.94. The average molecular weight is 861 g/mol. The summed E-state index contributed by atoms with van der Waals surface area (Å²) < 4.78 is 22.7. The maximum absolute atomic E-state index is 12.8. The molecule has 0 aromatic rings. The Hall–Kier alpha value is -2.75. The molecule has 1 N–H and O–H groups in total. The van der Waals surface area contributed by atoms with Crippen molar-refractivity contribution >= 4 is 17.9 Å². The van der Waals surface area contributed by atoms with Crippen LogP contribution in [0.1, 0.15) is 206 Å². The maximum Gasteiger partial charge on any atom is 0.361 e. The van der Waals surface area contributed by atoms with Crippen molar-refractivity contribution in [2.24, 2.45) is 0 Å². The zero-order valence-corrected chi connectivity index (χ0v) is 40.1. The van der Waals surface area contributed by atoms with Crippen LogP contribution in [0, 0.1) is 0 Å². The van der Waals surface area contributed by atoms with Crippen LogP contribution in [-0.2, 0) is 33.3 Å². The second kappa shape index (κ2) is 43.9. The summed E-state index contributed by atoms with van der Waals surface area (Å²) in [5.41, 5.74) is 0. The zero-order chi connectivity index (χ0) is 44.9. The number of esters is 2. The van der Waals surface area contributed by atoms with Gasteiger partial charge in [-0.25, -0.2) is 4.79 Å². The summed E-state index contributed by atoms with van der Waals surface area (Å²) >= 11 is 0. The van der Waals surface area contributed by atoms with Crippen molar-refractivity contribution in [1.82, 2.24) is 0 Å². The van der Waals surface area contributed by atoms with E-state index in [0.717, 1.165) is 57.8 Å². The molecule has 61 heavy (non-hydrogen) atoms. The average Bonchev–Trinajstić information content (AvgIpc) is 3.22. The van der Waals surface area contributed by atoms with Crippen LogP contribution in [0.3, 0.4) is 0 Å². The fraction of sp³-hybridized carbons (Fsp3) is 0.788. The number of carbonyl (C=O) groups is 3. The lowest BCUT2D eigenvalue weighted by Gasteiger charge is -2.25. The highest BCUT2D eigenvalue weighted by atomic mass is 16.7. The number of rotatable bonds is 45. The van der Waals surface area contributed by atoms with Crippen LogP contribution in [0.25, 0.3) is 0 Å². The fourth-order valence-electron chi connectivity index (χ4n) is 6.77. The number of ether oxygens (including phenoxy) is 4. The molecule has 0 aromatic heterocycles. The van der Waals surface area contributed by atoms with E-state index in [1.54, 1.807) is 0 Å². The SMILES string of the molecule is CC/C=C\C/C=C\C/C=C\C/C=C\CCCCC(=O)OC(COC(=O)CCCCCCCCCCCCCCCCCCCCCCC)COC(OCC[N+](C)(C)C)C(=O)O. The molecule has 0 aliphatic carbocycles. The Kier molecular flexibility index (Phi) is 41.9. The van der Waals surface area contributed by atoms with Gasteiger partial charge in [-0.15, -0.1) is 0 Å². The van der Waals surface area contributed by atoms with Gasteiger partial charge in [-0.2, -0.15) is 0 Å². The van der Waals surface area contributed by atoms with Gasteiger partial charge in [-0.3, -0.25) is 9.59 Å². The number of quaternary nitrogens is 1. The van der Waals surface area contributed by atoms with Gasteiger partial charge in [-0.05, 0) is 51.4 Å². The zero-order valence-electron chi connectivity index (χ0n) is 40.1. The van der Waals surface area contributed by atoms with Gasteiger partial charge in [0.15, 0.2) is 6.10 Å². The van der Waals surface area contributed by atoms with Gasteiger partial charge in [0.25, 0.3) is 6.29 Å². The van der Waals surface area contributed by atoms with Crippen LogP contribution < -0.4 is 0 Å². The highest BCUT2D eigenvalue weighted by Gasteiger charge is 2.25. The van der Waals surface area contributed by atoms with Crippen molar-refractivity contribution in [3.05, 3.63) is 48.6 Å². The summed E-state index contributed by atoms with van der Waals surface area (Å²) in [6.45, 7) is 4.72. The predicted octanol–water partition coefficient (Wildman–Crippen LogP) is 13.6. The van der Waals surface area contributed by atoms with Crippen molar-refractivity contribution in [1.29, 1.82) is 0 Å². The Balaban J connectivity index is 4.36. The first-order chi connectivity index (χ1) is 29.6. The van der Waals surface area contributed by atoms with Crippen LogP contribution in [0.2, 0.25) is 0 Å². The Morgan fingerprint density at radius 2 is 0.934 bits per heavy atom. The van der Waals surface area contributed by atoms with Gasteiger partial charge in [0.05, 0.1) is 34.4 Å². The molecular weight excluding hydrogens is 767 g/mol. The van der Waals surface area contributed by atoms with Crippen molar-refractivity contribution in [2.75, 3.05) is 47.5 Å². The standard InChI is InChI=1S/C52H93NO8/c1-6-8-10-12-14-16-18-20-22-23-24-25-26-27-29-30-32-34-36-38-40-42-49(54)59-46-48(47-60-52(51(56)57)58-45-44-53(3,4)5)61-50(55)43-41-39-37-35-33-31-28-21-19-17-15-13-11-9-7-2/h9,11,15,17,21,28,33,35,48,52H,6-8,10,12-14,16,18-20,22-27,29-32,34,36-47H2,1-5H3/p+1/b11-9-,17-15-,28-21-,35-33-. The number of likely N-dealkylation sites (N-methyl/N-ethyl adjacent to an activating group) is 1. The number of carbonyl (C=O) groups excluding carboxylic acids is 2. The first-order valence-corrected chi connectivity index (χ1v) is 24.8. The van der Waals surface area contributed by atoms with E-state index in [2.05, 4.69) is 62.5 Å². The molecule has 0 rings (SSSR count). The number of carboxylic acids is 1. The Morgan fingerprint density at radius 1 is 0.508 bits per heavy atom. The topological polar surface area (TPSA) is 108 Å². The van der Waals surface area contributed by atoms with Gasteiger partial charge in [0.2, 0.25) is 0 Å². The molecule has 0 radical (unpaired) electrons. The predicted molar refractivity (Wildman–Crippen MR) is 253 cm³/mol. The molecule has 0 fully saturated rings. The van der Waals surface area contributed by atoms with Gasteiger partial charge in [0, 0.05) is 12.8 Å². The number of hydrogen-bond donors (Lipinski definition) is 1. The van der Waals surface area contributed by atoms with E-state index in [1.165, 1.54) is 116 Å². The summed E-state index contributed by atoms with van der Waals surface area (Å²) in [6, 6.07) is 0. The fourth-order valence-corrected chi connectivity index (χ4v) is 6.77. The van der Waals surface area contributed by atoms with Crippen molar-refractivity contribution < 1.29 is 42.9 Å². The number of allylic oxidation sites excluding steroid dienone is 8. The van der Waals surface area contributed by atoms with Crippen LogP contribution in [0.15, 0.2) is 48.6 Å². The lowest BCUT2D eigenvalue weighted by Crippen LogP contribution is -2.40. The van der Waals surface area contributed by atoms with E-state index in [0.29, 0.717) is 23.9 Å². The quantitative estimate of drug-likeness (QED) is 0.0212. The minimum atomic E-state index is -1.52. The number of unbranched alkanes of at least 4 members (excludes halogenated alkanes) is 22. The molecule has 0 aromatic carbocycles. The number of hydrogen-bond acceptors (Lipinski definition) is 7. The monoisotopic (exact) mass is 861 g/mol. The summed E-state index contributed by atoms with van der Waals surface area (Å²) in [4.78, 5) is 37.2. The number of carboxylic acid groups (broad SMARTS) is 1. The second-order valence-electron chi connectivity index (χ2n) is 17.8. The van der Waals surface area contributed by atoms with Crippen molar-refractivity contribution in [3.63, 3.8) is 0 Å². The van der Waals surface area contributed by atoms with E-state index in [1.807, 2.05) is 21.1 Å². The van der Waals surface area contributed by atoms with E-state index in [4.69, 9.17) is 18.9 Å². The van der Waals surface area contributed by atoms with E-state index in [-0.39, 0.29) is 32.2 Å². The van der Waals surface area contributed by atoms with E-state index in [9.17, 15) is 19.5 Å². The summed E-state index contributed by atoms with van der Waals surface area (Å²) in [5, 5.41) is 9.65. The highest BCUT2D eigenvalue weighted by Crippen LogP contribution is 2.16. The lowest BCUT2D eigenvalue weighted by atomic mass is 10.0. The maximum atomic E-state index is 12.8. The molecule has 2 atom stereocenters. The first-order valence-electron chi connectivity index (χ1n) is 24.8. The Morgan fingerprint density at radius 3 is 1.39 bits per heavy atom. The highest BCUT2D eigenvalue weighted by molar-refractivity contribution is 5.71. The molecule has 354 valence electrons. The van der Waals surface area contributed by atoms with Crippen LogP contribution >= 0.6 is 0 Å². The molecule has 0 spiro atoms. The molecule has 0 saturated carbocycles. The Labute approximate surface area is 374 Å². The minimum absolute atomic E-state index is 0.179. The molecule has 0 bridgehead atoms. The number of aliphatic carboxylic acids is 1. The lowest BCUT2D eigenvalue weighted by molar-refractivity contribution is -0.870. The molecule has 0 amide bonds. The van der Waals surface area contributed by atoms with Crippen LogP contribution in [0.4, 0.5) is 0 Å². The molecule has 0 aliphatic rings. The van der Waals surface area contributed by atoms with Gasteiger partial charge >= 0.3 is 17.9 Å². The van der Waals surface area contributed by atoms with E-state index < -0.39 is 24.3 Å². The molecule has 0 aliphatic heterocycles. The largest absolute Gasteiger partial charge is 0.477 e. The van der Waals surface area contributed by atoms with Crippen LogP contribution in [0.5, 0.6) is 0 Å². The third-order valence-corrected chi connectivity index (χ3v) is 10.6. The van der Waals surface area contributed by atoms with Gasteiger partial charge in [-0.1, -0.05) is 191 Å². The summed E-state index contributed by atoms with van der Waals surface area (Å²) in [5.74, 6) is -2.06. The molecule has 9 nitrogen and oxygen atoms in total. The number of nitrogens with zero attached hydrogens (tertiary/aromatic N) is 1. The molecule has 0 heterocycles. The van der Waals surface area contributed by atoms with Crippen molar-refractivity contribution in [2.45, 2.75) is 219 Å². The first kappa shape index (κ1) is 58.2. The second-order valence-corrected chi connectivity index (χ2v) is 17.8. The molecule has 0 saturated heterocycles. The molecular formula is C52H94NO8+. The smallest absolute Gasteiger partial charge is 0.361 e. The Bertz CT molecular complexity index is 1140. The van der Waals surface area contributed by atoms with Crippen LogP contribution in [-0.4, -0.2) is 87.4 Å². The van der Waals surface area contributed by atoms with Gasteiger partial charge in [0.1, 0.15) is 13.2 Å². The molecule has 9 heteroatoms.